The van der Waals surface area contributed by atoms with Crippen LogP contribution in [-0.4, -0.2) is 18.9 Å². The van der Waals surface area contributed by atoms with Crippen molar-refractivity contribution in [2.45, 2.75) is 46.4 Å². The highest BCUT2D eigenvalue weighted by atomic mass is 79.9. The molecule has 0 heterocycles. The van der Waals surface area contributed by atoms with Crippen LogP contribution in [0.5, 0.6) is 0 Å². The van der Waals surface area contributed by atoms with Crippen LogP contribution in [0.2, 0.25) is 13.1 Å². The van der Waals surface area contributed by atoms with Crippen LogP contribution < -0.4 is 0 Å². The second kappa shape index (κ2) is 5.52. The molecule has 0 saturated carbocycles. The lowest BCUT2D eigenvalue weighted by atomic mass is 9.81. The van der Waals surface area contributed by atoms with Gasteiger partial charge in [0.25, 0.3) is 0 Å². The van der Waals surface area contributed by atoms with E-state index < -0.39 is 13.9 Å². The van der Waals surface area contributed by atoms with Crippen molar-refractivity contribution in [3.63, 3.8) is 0 Å². The lowest BCUT2D eigenvalue weighted by Gasteiger charge is -2.42. The third-order valence-electron chi connectivity index (χ3n) is 2.71. The third kappa shape index (κ3) is 3.62. The molecule has 0 spiro atoms. The van der Waals surface area contributed by atoms with E-state index in [9.17, 15) is 0 Å². The van der Waals surface area contributed by atoms with Crippen LogP contribution in [0, 0.1) is 24.2 Å². The fourth-order valence-electron chi connectivity index (χ4n) is 1.75. The predicted molar refractivity (Wildman–Crippen MR) is 73.6 cm³/mol. The molecule has 0 unspecified atom stereocenters. The second-order valence-corrected chi connectivity index (χ2v) is 10.9. The van der Waals surface area contributed by atoms with Crippen LogP contribution in [0.15, 0.2) is 0 Å². The SMILES string of the molecule is C#CC(O[Si](C)(C)CBr)(C(C)C)C(C)C. The summed E-state index contributed by atoms with van der Waals surface area (Å²) in [6.07, 6.45) is 5.70. The van der Waals surface area contributed by atoms with Crippen molar-refractivity contribution < 1.29 is 4.43 Å². The first-order valence-corrected chi connectivity index (χ1v) is 9.69. The van der Waals surface area contributed by atoms with Crippen molar-refractivity contribution in [3.8, 4) is 12.3 Å². The van der Waals surface area contributed by atoms with Crippen molar-refractivity contribution >= 4 is 24.2 Å². The molecule has 88 valence electrons. The summed E-state index contributed by atoms with van der Waals surface area (Å²) in [5.74, 6) is 3.58. The molecule has 0 bridgehead atoms. The molecular formula is C12H23BrOSi. The Balaban J connectivity index is 5.06. The Morgan fingerprint density at radius 1 is 1.27 bits per heavy atom. The van der Waals surface area contributed by atoms with Gasteiger partial charge in [0.1, 0.15) is 5.60 Å². The van der Waals surface area contributed by atoms with Gasteiger partial charge >= 0.3 is 0 Å². The molecule has 0 fully saturated rings. The van der Waals surface area contributed by atoms with Gasteiger partial charge in [0.05, 0.1) is 0 Å². The van der Waals surface area contributed by atoms with E-state index in [2.05, 4.69) is 62.6 Å². The van der Waals surface area contributed by atoms with Crippen LogP contribution in [0.3, 0.4) is 0 Å². The zero-order chi connectivity index (χ0) is 12.3. The van der Waals surface area contributed by atoms with Crippen molar-refractivity contribution in [2.75, 3.05) is 4.95 Å². The molecule has 0 aromatic heterocycles. The van der Waals surface area contributed by atoms with E-state index in [1.54, 1.807) is 0 Å². The molecule has 0 amide bonds. The van der Waals surface area contributed by atoms with Crippen molar-refractivity contribution in [2.24, 2.45) is 11.8 Å². The van der Waals surface area contributed by atoms with E-state index >= 15 is 0 Å². The van der Waals surface area contributed by atoms with Crippen LogP contribution >= 0.6 is 15.9 Å². The first-order valence-electron chi connectivity index (χ1n) is 5.45. The molecule has 0 rings (SSSR count). The molecular weight excluding hydrogens is 268 g/mol. The lowest BCUT2D eigenvalue weighted by molar-refractivity contribution is 0.0276. The van der Waals surface area contributed by atoms with Crippen molar-refractivity contribution in [3.05, 3.63) is 0 Å². The Morgan fingerprint density at radius 2 is 1.67 bits per heavy atom. The fraction of sp³-hybridized carbons (Fsp3) is 0.833. The van der Waals surface area contributed by atoms with E-state index in [0.29, 0.717) is 11.8 Å². The Kier molecular flexibility index (Phi) is 5.60. The number of alkyl halides is 1. The van der Waals surface area contributed by atoms with Gasteiger partial charge in [-0.2, -0.15) is 0 Å². The molecule has 0 atom stereocenters. The van der Waals surface area contributed by atoms with Gasteiger partial charge in [-0.1, -0.05) is 49.5 Å². The van der Waals surface area contributed by atoms with Gasteiger partial charge in [0, 0.05) is 4.95 Å². The Bertz CT molecular complexity index is 232. The molecule has 1 nitrogen and oxygen atoms in total. The zero-order valence-electron chi connectivity index (χ0n) is 10.7. The average Bonchev–Trinajstić information content (AvgIpc) is 2.13. The predicted octanol–water partition coefficient (Wildman–Crippen LogP) is 3.83. The molecule has 0 aliphatic heterocycles. The average molecular weight is 291 g/mol. The van der Waals surface area contributed by atoms with Gasteiger partial charge in [-0.05, 0) is 24.9 Å². The highest BCUT2D eigenvalue weighted by Gasteiger charge is 2.41. The molecule has 0 aliphatic rings. The normalized spacial score (nSPS) is 13.3. The number of hydrogen-bond acceptors (Lipinski definition) is 1. The quantitative estimate of drug-likeness (QED) is 0.425. The van der Waals surface area contributed by atoms with Crippen molar-refractivity contribution in [1.29, 1.82) is 0 Å². The van der Waals surface area contributed by atoms with E-state index in [0.717, 1.165) is 4.95 Å². The van der Waals surface area contributed by atoms with Crippen molar-refractivity contribution in [1.82, 2.24) is 0 Å². The highest BCUT2D eigenvalue weighted by Crippen LogP contribution is 2.33. The largest absolute Gasteiger partial charge is 0.400 e. The van der Waals surface area contributed by atoms with E-state index in [4.69, 9.17) is 10.8 Å². The molecule has 15 heavy (non-hydrogen) atoms. The molecule has 0 aromatic rings. The maximum absolute atomic E-state index is 6.30. The number of hydrogen-bond donors (Lipinski definition) is 0. The summed E-state index contributed by atoms with van der Waals surface area (Å²) in [5.41, 5.74) is -0.413. The first-order chi connectivity index (χ1) is 6.72. The number of halogens is 1. The molecule has 0 aromatic carbocycles. The van der Waals surface area contributed by atoms with Crippen LogP contribution in [0.4, 0.5) is 0 Å². The van der Waals surface area contributed by atoms with Crippen LogP contribution in [-0.2, 0) is 4.43 Å². The van der Waals surface area contributed by atoms with Gasteiger partial charge in [0.2, 0.25) is 0 Å². The van der Waals surface area contributed by atoms with Gasteiger partial charge in [-0.25, -0.2) is 0 Å². The summed E-state index contributed by atoms with van der Waals surface area (Å²) in [6.45, 7) is 12.9. The van der Waals surface area contributed by atoms with E-state index in [-0.39, 0.29) is 0 Å². The van der Waals surface area contributed by atoms with Gasteiger partial charge in [-0.15, -0.1) is 6.42 Å². The molecule has 3 heteroatoms. The topological polar surface area (TPSA) is 9.23 Å². The maximum atomic E-state index is 6.30. The smallest absolute Gasteiger partial charge is 0.199 e. The Labute approximate surface area is 104 Å². The minimum atomic E-state index is -1.69. The lowest BCUT2D eigenvalue weighted by Crippen LogP contribution is -2.51. The number of rotatable bonds is 5. The van der Waals surface area contributed by atoms with Gasteiger partial charge in [0.15, 0.2) is 8.32 Å². The monoisotopic (exact) mass is 290 g/mol. The first kappa shape index (κ1) is 15.2. The summed E-state index contributed by atoms with van der Waals surface area (Å²) >= 11 is 3.52. The van der Waals surface area contributed by atoms with E-state index in [1.165, 1.54) is 0 Å². The summed E-state index contributed by atoms with van der Waals surface area (Å²) < 4.78 is 6.30. The third-order valence-corrected chi connectivity index (χ3v) is 8.29. The maximum Gasteiger partial charge on any atom is 0.199 e. The molecule has 0 radical (unpaired) electrons. The molecule has 0 aliphatic carbocycles. The summed E-state index contributed by atoms with van der Waals surface area (Å²) in [7, 11) is -1.69. The van der Waals surface area contributed by atoms with Gasteiger partial charge < -0.3 is 4.43 Å². The summed E-state index contributed by atoms with van der Waals surface area (Å²) in [4.78, 5) is 0.920. The molecule has 0 N–H and O–H groups in total. The standard InChI is InChI=1S/C12H23BrOSi/c1-8-12(10(2)3,11(4)5)14-15(6,7)9-13/h1,10-11H,9H2,2-7H3. The minimum absolute atomic E-state index is 0.341. The summed E-state index contributed by atoms with van der Waals surface area (Å²) in [5, 5.41) is 0. The Morgan fingerprint density at radius 3 is 1.87 bits per heavy atom. The second-order valence-electron chi connectivity index (χ2n) is 5.24. The van der Waals surface area contributed by atoms with Gasteiger partial charge in [-0.3, -0.25) is 0 Å². The minimum Gasteiger partial charge on any atom is -0.400 e. The number of terminal acetylenes is 1. The highest BCUT2D eigenvalue weighted by molar-refractivity contribution is 9.09. The summed E-state index contributed by atoms with van der Waals surface area (Å²) in [6, 6.07) is 0. The Hall–Kier alpha value is 0.217. The molecule has 0 saturated heterocycles. The fourth-order valence-corrected chi connectivity index (χ4v) is 3.59. The zero-order valence-corrected chi connectivity index (χ0v) is 13.3. The van der Waals surface area contributed by atoms with Crippen LogP contribution in [0.25, 0.3) is 0 Å². The van der Waals surface area contributed by atoms with E-state index in [1.807, 2.05) is 0 Å². The van der Waals surface area contributed by atoms with Crippen LogP contribution in [0.1, 0.15) is 27.7 Å².